The van der Waals surface area contributed by atoms with Gasteiger partial charge in [0.15, 0.2) is 0 Å². The summed E-state index contributed by atoms with van der Waals surface area (Å²) in [4.78, 5) is 28.4. The molecule has 1 aliphatic rings. The van der Waals surface area contributed by atoms with Crippen LogP contribution in [-0.2, 0) is 4.79 Å². The molecular weight excluding hydrogens is 323 g/mol. The molecule has 4 nitrogen and oxygen atoms in total. The van der Waals surface area contributed by atoms with E-state index in [9.17, 15) is 14.0 Å². The molecule has 0 saturated carbocycles. The van der Waals surface area contributed by atoms with Crippen LogP contribution in [0.3, 0.4) is 0 Å². The van der Waals surface area contributed by atoms with Gasteiger partial charge in [0.2, 0.25) is 5.91 Å². The Hall–Kier alpha value is -1.60. The van der Waals surface area contributed by atoms with E-state index in [4.69, 9.17) is 0 Å². The first-order valence-electron chi connectivity index (χ1n) is 6.77. The molecule has 0 radical (unpaired) electrons. The van der Waals surface area contributed by atoms with Gasteiger partial charge in [0.05, 0.1) is 10.8 Å². The molecule has 7 heteroatoms. The van der Waals surface area contributed by atoms with Crippen LogP contribution in [0.25, 0.3) is 10.1 Å². The molecule has 1 aromatic carbocycles. The molecule has 2 amide bonds. The summed E-state index contributed by atoms with van der Waals surface area (Å²) < 4.78 is 14.5. The number of hydrogen-bond donors (Lipinski definition) is 0. The van der Waals surface area contributed by atoms with E-state index in [2.05, 4.69) is 0 Å². The number of hydrogen-bond acceptors (Lipinski definition) is 4. The second kappa shape index (κ2) is 5.89. The minimum absolute atomic E-state index is 0.0781. The zero-order valence-electron chi connectivity index (χ0n) is 12.2. The lowest BCUT2D eigenvalue weighted by atomic mass is 10.2. The molecule has 1 saturated heterocycles. The Kier molecular flexibility index (Phi) is 4.10. The summed E-state index contributed by atoms with van der Waals surface area (Å²) in [5.41, 5.74) is 0. The van der Waals surface area contributed by atoms with Gasteiger partial charge >= 0.3 is 0 Å². The van der Waals surface area contributed by atoms with Gasteiger partial charge in [-0.15, -0.1) is 23.1 Å². The number of carbonyl (C=O) groups is 2. The monoisotopic (exact) mass is 338 g/mol. The quantitative estimate of drug-likeness (QED) is 0.845. The number of likely N-dealkylation sites (N-methyl/N-ethyl adjacent to an activating group) is 1. The highest BCUT2D eigenvalue weighted by Crippen LogP contribution is 2.31. The number of nitrogens with zero attached hydrogens (tertiary/aromatic N) is 2. The molecular formula is C15H15FN2O2S2. The average Bonchev–Trinajstić information content (AvgIpc) is 3.13. The van der Waals surface area contributed by atoms with Crippen LogP contribution in [0.2, 0.25) is 0 Å². The van der Waals surface area contributed by atoms with Gasteiger partial charge in [-0.1, -0.05) is 6.07 Å². The first-order valence-corrected chi connectivity index (χ1v) is 8.74. The lowest BCUT2D eigenvalue weighted by molar-refractivity contribution is -0.132. The Morgan fingerprint density at radius 1 is 1.36 bits per heavy atom. The SMILES string of the molecule is CN(C)C(=O)[C@H]1CSCN1C(=O)c1cc2c(F)cccc2s1. The number of thiophene rings is 1. The highest BCUT2D eigenvalue weighted by Gasteiger charge is 2.36. The Morgan fingerprint density at radius 3 is 2.82 bits per heavy atom. The molecule has 2 heterocycles. The van der Waals surface area contributed by atoms with Gasteiger partial charge in [0.25, 0.3) is 5.91 Å². The molecule has 22 heavy (non-hydrogen) atoms. The van der Waals surface area contributed by atoms with Crippen LogP contribution in [-0.4, -0.2) is 53.4 Å². The highest BCUT2D eigenvalue weighted by molar-refractivity contribution is 7.99. The van der Waals surface area contributed by atoms with Gasteiger partial charge in [0, 0.05) is 29.9 Å². The predicted molar refractivity (Wildman–Crippen MR) is 87.8 cm³/mol. The smallest absolute Gasteiger partial charge is 0.265 e. The van der Waals surface area contributed by atoms with E-state index in [1.54, 1.807) is 49.0 Å². The Morgan fingerprint density at radius 2 is 2.14 bits per heavy atom. The highest BCUT2D eigenvalue weighted by atomic mass is 32.2. The van der Waals surface area contributed by atoms with Crippen molar-refractivity contribution < 1.29 is 14.0 Å². The van der Waals surface area contributed by atoms with E-state index < -0.39 is 6.04 Å². The molecule has 0 unspecified atom stereocenters. The average molecular weight is 338 g/mol. The maximum atomic E-state index is 13.8. The first kappa shape index (κ1) is 15.3. The molecule has 0 N–H and O–H groups in total. The second-order valence-electron chi connectivity index (χ2n) is 5.29. The molecule has 2 aromatic rings. The number of rotatable bonds is 2. The van der Waals surface area contributed by atoms with Crippen molar-refractivity contribution in [3.63, 3.8) is 0 Å². The zero-order valence-corrected chi connectivity index (χ0v) is 13.8. The number of amides is 2. The zero-order chi connectivity index (χ0) is 15.9. The number of benzene rings is 1. The summed E-state index contributed by atoms with van der Waals surface area (Å²) in [7, 11) is 3.37. The van der Waals surface area contributed by atoms with Crippen molar-refractivity contribution >= 4 is 45.0 Å². The minimum atomic E-state index is -0.442. The van der Waals surface area contributed by atoms with E-state index in [1.165, 1.54) is 22.3 Å². The molecule has 0 aliphatic carbocycles. The molecule has 3 rings (SSSR count). The van der Waals surface area contributed by atoms with Crippen molar-refractivity contribution in [3.8, 4) is 0 Å². The summed E-state index contributed by atoms with van der Waals surface area (Å²) in [5.74, 6) is 0.475. The topological polar surface area (TPSA) is 40.6 Å². The summed E-state index contributed by atoms with van der Waals surface area (Å²) in [6.45, 7) is 0. The van der Waals surface area contributed by atoms with Crippen LogP contribution < -0.4 is 0 Å². The van der Waals surface area contributed by atoms with Gasteiger partial charge in [-0.2, -0.15) is 0 Å². The fourth-order valence-corrected chi connectivity index (χ4v) is 4.59. The molecule has 1 atom stereocenters. The van der Waals surface area contributed by atoms with Crippen LogP contribution in [0.1, 0.15) is 9.67 Å². The summed E-state index contributed by atoms with van der Waals surface area (Å²) >= 11 is 2.82. The van der Waals surface area contributed by atoms with Crippen LogP contribution in [0, 0.1) is 5.82 Å². The predicted octanol–water partition coefficient (Wildman–Crippen LogP) is 2.64. The maximum Gasteiger partial charge on any atom is 0.265 e. The van der Waals surface area contributed by atoms with Gasteiger partial charge in [-0.05, 0) is 18.2 Å². The van der Waals surface area contributed by atoms with Gasteiger partial charge in [0.1, 0.15) is 11.9 Å². The fourth-order valence-electron chi connectivity index (χ4n) is 2.42. The van der Waals surface area contributed by atoms with Crippen LogP contribution in [0.15, 0.2) is 24.3 Å². The summed E-state index contributed by atoms with van der Waals surface area (Å²) in [5, 5.41) is 0.457. The van der Waals surface area contributed by atoms with Crippen LogP contribution in [0.4, 0.5) is 4.39 Å². The molecule has 1 aromatic heterocycles. The van der Waals surface area contributed by atoms with E-state index >= 15 is 0 Å². The van der Waals surface area contributed by atoms with Crippen molar-refractivity contribution in [1.82, 2.24) is 9.80 Å². The van der Waals surface area contributed by atoms with E-state index in [1.807, 2.05) is 0 Å². The van der Waals surface area contributed by atoms with E-state index in [0.29, 0.717) is 21.9 Å². The van der Waals surface area contributed by atoms with E-state index in [-0.39, 0.29) is 17.6 Å². The lowest BCUT2D eigenvalue weighted by Crippen LogP contribution is -2.46. The molecule has 1 aliphatic heterocycles. The Labute approximate surface area is 135 Å². The Bertz CT molecular complexity index is 744. The van der Waals surface area contributed by atoms with Gasteiger partial charge < -0.3 is 9.80 Å². The Balaban J connectivity index is 1.91. The molecule has 1 fully saturated rings. The fraction of sp³-hybridized carbons (Fsp3) is 0.333. The van der Waals surface area contributed by atoms with E-state index in [0.717, 1.165) is 4.70 Å². The van der Waals surface area contributed by atoms with Crippen molar-refractivity contribution in [1.29, 1.82) is 0 Å². The van der Waals surface area contributed by atoms with Crippen molar-refractivity contribution in [2.24, 2.45) is 0 Å². The number of thioether (sulfide) groups is 1. The third-order valence-electron chi connectivity index (χ3n) is 3.59. The summed E-state index contributed by atoms with van der Waals surface area (Å²) in [6, 6.07) is 5.95. The molecule has 0 spiro atoms. The largest absolute Gasteiger partial charge is 0.347 e. The third kappa shape index (κ3) is 2.59. The number of fused-ring (bicyclic) bond motifs is 1. The van der Waals surface area contributed by atoms with Crippen LogP contribution >= 0.6 is 23.1 Å². The molecule has 116 valence electrons. The lowest BCUT2D eigenvalue weighted by Gasteiger charge is -2.24. The van der Waals surface area contributed by atoms with Gasteiger partial charge in [-0.3, -0.25) is 9.59 Å². The maximum absolute atomic E-state index is 13.8. The van der Waals surface area contributed by atoms with Crippen molar-refractivity contribution in [3.05, 3.63) is 35.0 Å². The normalized spacial score (nSPS) is 18.0. The number of halogens is 1. The standard InChI is InChI=1S/C15H15FN2O2S2/c1-17(2)14(19)11-7-21-8-18(11)15(20)13-6-9-10(16)4-3-5-12(9)22-13/h3-6,11H,7-8H2,1-2H3/t11-/m1/s1. The minimum Gasteiger partial charge on any atom is -0.347 e. The van der Waals surface area contributed by atoms with Crippen LogP contribution in [0.5, 0.6) is 0 Å². The first-order chi connectivity index (χ1) is 10.5. The van der Waals surface area contributed by atoms with Crippen molar-refractivity contribution in [2.75, 3.05) is 25.7 Å². The third-order valence-corrected chi connectivity index (χ3v) is 5.69. The van der Waals surface area contributed by atoms with Crippen molar-refractivity contribution in [2.45, 2.75) is 6.04 Å². The molecule has 0 bridgehead atoms. The summed E-state index contributed by atoms with van der Waals surface area (Å²) in [6.07, 6.45) is 0. The van der Waals surface area contributed by atoms with Gasteiger partial charge in [-0.25, -0.2) is 4.39 Å². The second-order valence-corrected chi connectivity index (χ2v) is 7.37. The number of carbonyl (C=O) groups excluding carboxylic acids is 2.